The van der Waals surface area contributed by atoms with Crippen molar-refractivity contribution in [3.05, 3.63) is 17.5 Å². The quantitative estimate of drug-likeness (QED) is 0.704. The van der Waals surface area contributed by atoms with Crippen molar-refractivity contribution < 1.29 is 0 Å². The van der Waals surface area contributed by atoms with Crippen LogP contribution >= 0.6 is 0 Å². The van der Waals surface area contributed by atoms with Gasteiger partial charge in [0.15, 0.2) is 0 Å². The highest BCUT2D eigenvalue weighted by Crippen LogP contribution is 2.07. The molecule has 0 saturated heterocycles. The summed E-state index contributed by atoms with van der Waals surface area (Å²) in [5.41, 5.74) is 2.36. The van der Waals surface area contributed by atoms with Gasteiger partial charge in [-0.2, -0.15) is 5.10 Å². The van der Waals surface area contributed by atoms with E-state index in [2.05, 4.69) is 30.3 Å². The Morgan fingerprint density at radius 1 is 1.35 bits per heavy atom. The molecule has 0 aliphatic heterocycles. The van der Waals surface area contributed by atoms with Gasteiger partial charge < -0.3 is 5.32 Å². The number of rotatable bonds is 8. The van der Waals surface area contributed by atoms with Crippen LogP contribution in [0.5, 0.6) is 0 Å². The number of aryl methyl sites for hydroxylation is 2. The Kier molecular flexibility index (Phi) is 6.27. The molecule has 0 saturated carbocycles. The summed E-state index contributed by atoms with van der Waals surface area (Å²) in [5, 5.41) is 7.92. The fourth-order valence-electron chi connectivity index (χ4n) is 2.09. The smallest absolute Gasteiger partial charge is 0.0597 e. The van der Waals surface area contributed by atoms with Crippen molar-refractivity contribution in [1.82, 2.24) is 15.1 Å². The van der Waals surface area contributed by atoms with E-state index >= 15 is 0 Å². The zero-order valence-electron chi connectivity index (χ0n) is 11.8. The normalized spacial score (nSPS) is 12.9. The highest BCUT2D eigenvalue weighted by atomic mass is 15.3. The molecule has 17 heavy (non-hydrogen) atoms. The van der Waals surface area contributed by atoms with Crippen LogP contribution in [0.25, 0.3) is 0 Å². The highest BCUT2D eigenvalue weighted by Gasteiger charge is 2.04. The average Bonchev–Trinajstić information content (AvgIpc) is 2.61. The number of hydrogen-bond donors (Lipinski definition) is 1. The first kappa shape index (κ1) is 14.2. The molecule has 98 valence electrons. The van der Waals surface area contributed by atoms with E-state index in [0.29, 0.717) is 6.04 Å². The SMILES string of the molecule is CCCCCCC(C)NCc1cc(C)nn1C. The summed E-state index contributed by atoms with van der Waals surface area (Å²) in [5.74, 6) is 0. The molecule has 0 aliphatic rings. The number of aromatic nitrogens is 2. The Labute approximate surface area is 106 Å². The van der Waals surface area contributed by atoms with E-state index in [1.54, 1.807) is 0 Å². The number of nitrogens with one attached hydrogen (secondary N) is 1. The molecule has 1 aromatic rings. The van der Waals surface area contributed by atoms with E-state index < -0.39 is 0 Å². The summed E-state index contributed by atoms with van der Waals surface area (Å²) < 4.78 is 1.96. The zero-order chi connectivity index (χ0) is 12.7. The third-order valence-corrected chi connectivity index (χ3v) is 3.22. The third kappa shape index (κ3) is 5.35. The van der Waals surface area contributed by atoms with E-state index in [9.17, 15) is 0 Å². The molecule has 0 aromatic carbocycles. The summed E-state index contributed by atoms with van der Waals surface area (Å²) in [4.78, 5) is 0. The maximum atomic E-state index is 4.35. The first-order valence-corrected chi connectivity index (χ1v) is 6.86. The predicted molar refractivity (Wildman–Crippen MR) is 73.0 cm³/mol. The topological polar surface area (TPSA) is 29.9 Å². The summed E-state index contributed by atoms with van der Waals surface area (Å²) >= 11 is 0. The molecule has 0 radical (unpaired) electrons. The zero-order valence-corrected chi connectivity index (χ0v) is 11.8. The van der Waals surface area contributed by atoms with Crippen LogP contribution in [0, 0.1) is 6.92 Å². The molecule has 1 rings (SSSR count). The van der Waals surface area contributed by atoms with E-state index in [1.165, 1.54) is 37.8 Å². The van der Waals surface area contributed by atoms with Crippen molar-refractivity contribution in [1.29, 1.82) is 0 Å². The fourth-order valence-corrected chi connectivity index (χ4v) is 2.09. The Morgan fingerprint density at radius 3 is 2.71 bits per heavy atom. The fraction of sp³-hybridized carbons (Fsp3) is 0.786. The van der Waals surface area contributed by atoms with Crippen LogP contribution in [0.1, 0.15) is 57.3 Å². The van der Waals surface area contributed by atoms with Crippen LogP contribution < -0.4 is 5.32 Å². The molecule has 1 heterocycles. The van der Waals surface area contributed by atoms with Crippen LogP contribution in [-0.2, 0) is 13.6 Å². The lowest BCUT2D eigenvalue weighted by Crippen LogP contribution is -2.26. The minimum Gasteiger partial charge on any atom is -0.309 e. The Bertz CT molecular complexity index is 317. The summed E-state index contributed by atoms with van der Waals surface area (Å²) in [6.07, 6.45) is 6.67. The van der Waals surface area contributed by atoms with Gasteiger partial charge in [-0.15, -0.1) is 0 Å². The second kappa shape index (κ2) is 7.49. The van der Waals surface area contributed by atoms with Gasteiger partial charge in [0, 0.05) is 19.6 Å². The second-order valence-corrected chi connectivity index (χ2v) is 5.03. The minimum atomic E-state index is 0.599. The molecular weight excluding hydrogens is 210 g/mol. The number of nitrogens with zero attached hydrogens (tertiary/aromatic N) is 2. The third-order valence-electron chi connectivity index (χ3n) is 3.22. The lowest BCUT2D eigenvalue weighted by Gasteiger charge is -2.13. The largest absolute Gasteiger partial charge is 0.309 e. The molecule has 1 atom stereocenters. The maximum Gasteiger partial charge on any atom is 0.0597 e. The van der Waals surface area contributed by atoms with Gasteiger partial charge in [0.2, 0.25) is 0 Å². The van der Waals surface area contributed by atoms with Crippen LogP contribution in [0.15, 0.2) is 6.07 Å². The van der Waals surface area contributed by atoms with Crippen molar-refractivity contribution in [2.24, 2.45) is 7.05 Å². The van der Waals surface area contributed by atoms with E-state index in [4.69, 9.17) is 0 Å². The molecule has 0 amide bonds. The summed E-state index contributed by atoms with van der Waals surface area (Å²) in [7, 11) is 2.01. The Hall–Kier alpha value is -0.830. The lowest BCUT2D eigenvalue weighted by molar-refractivity contribution is 0.473. The molecule has 3 nitrogen and oxygen atoms in total. The van der Waals surface area contributed by atoms with Crippen molar-refractivity contribution in [2.75, 3.05) is 0 Å². The van der Waals surface area contributed by atoms with Crippen molar-refractivity contribution in [3.8, 4) is 0 Å². The van der Waals surface area contributed by atoms with Crippen molar-refractivity contribution in [2.45, 2.75) is 65.5 Å². The molecule has 0 bridgehead atoms. The molecule has 0 fully saturated rings. The first-order valence-electron chi connectivity index (χ1n) is 6.86. The van der Waals surface area contributed by atoms with Crippen LogP contribution in [-0.4, -0.2) is 15.8 Å². The average molecular weight is 237 g/mol. The van der Waals surface area contributed by atoms with Gasteiger partial charge in [0.05, 0.1) is 11.4 Å². The van der Waals surface area contributed by atoms with Gasteiger partial charge >= 0.3 is 0 Å². The van der Waals surface area contributed by atoms with Gasteiger partial charge in [-0.05, 0) is 26.3 Å². The molecule has 0 spiro atoms. The molecule has 1 unspecified atom stereocenters. The van der Waals surface area contributed by atoms with Crippen molar-refractivity contribution >= 4 is 0 Å². The summed E-state index contributed by atoms with van der Waals surface area (Å²) in [6.45, 7) is 7.49. The van der Waals surface area contributed by atoms with Gasteiger partial charge in [0.25, 0.3) is 0 Å². The molecule has 1 aromatic heterocycles. The van der Waals surface area contributed by atoms with Gasteiger partial charge in [-0.3, -0.25) is 4.68 Å². The van der Waals surface area contributed by atoms with Crippen LogP contribution in [0.4, 0.5) is 0 Å². The minimum absolute atomic E-state index is 0.599. The van der Waals surface area contributed by atoms with E-state index in [1.807, 2.05) is 18.7 Å². The number of hydrogen-bond acceptors (Lipinski definition) is 2. The van der Waals surface area contributed by atoms with Crippen LogP contribution in [0.2, 0.25) is 0 Å². The summed E-state index contributed by atoms with van der Waals surface area (Å²) in [6, 6.07) is 2.75. The first-order chi connectivity index (χ1) is 8.13. The maximum absolute atomic E-state index is 4.35. The predicted octanol–water partition coefficient (Wildman–Crippen LogP) is 3.18. The van der Waals surface area contributed by atoms with Gasteiger partial charge in [0.1, 0.15) is 0 Å². The standard InChI is InChI=1S/C14H27N3/c1-5-6-7-8-9-12(2)15-11-14-10-13(3)16-17(14)4/h10,12,15H,5-9,11H2,1-4H3. The van der Waals surface area contributed by atoms with Gasteiger partial charge in [-0.25, -0.2) is 0 Å². The molecule has 1 N–H and O–H groups in total. The van der Waals surface area contributed by atoms with Gasteiger partial charge in [-0.1, -0.05) is 32.6 Å². The van der Waals surface area contributed by atoms with Crippen molar-refractivity contribution in [3.63, 3.8) is 0 Å². The Morgan fingerprint density at radius 2 is 2.12 bits per heavy atom. The molecule has 3 heteroatoms. The lowest BCUT2D eigenvalue weighted by atomic mass is 10.1. The van der Waals surface area contributed by atoms with Crippen LogP contribution in [0.3, 0.4) is 0 Å². The second-order valence-electron chi connectivity index (χ2n) is 5.03. The Balaban J connectivity index is 2.19. The van der Waals surface area contributed by atoms with E-state index in [-0.39, 0.29) is 0 Å². The highest BCUT2D eigenvalue weighted by molar-refractivity contribution is 5.08. The molecule has 0 aliphatic carbocycles. The molecular formula is C14H27N3. The monoisotopic (exact) mass is 237 g/mol. The number of unbranched alkanes of at least 4 members (excludes halogenated alkanes) is 3. The van der Waals surface area contributed by atoms with E-state index in [0.717, 1.165) is 12.2 Å².